The molecule has 0 aliphatic rings. The first kappa shape index (κ1) is 14.3. The predicted octanol–water partition coefficient (Wildman–Crippen LogP) is 2.47. The molecular weight excluding hydrogens is 322 g/mol. The van der Waals surface area contributed by atoms with E-state index < -0.39 is 0 Å². The Morgan fingerprint density at radius 2 is 2.10 bits per heavy atom. The molecule has 1 aromatic heterocycles. The van der Waals surface area contributed by atoms with Crippen molar-refractivity contribution >= 4 is 33.2 Å². The van der Waals surface area contributed by atoms with Gasteiger partial charge < -0.3 is 15.6 Å². The minimum atomic E-state index is -0.287. The summed E-state index contributed by atoms with van der Waals surface area (Å²) in [5, 5.41) is 2.74. The molecule has 0 aliphatic heterocycles. The van der Waals surface area contributed by atoms with Crippen LogP contribution in [-0.4, -0.2) is 10.5 Å². The number of rotatable bonds is 3. The fourth-order valence-corrected chi connectivity index (χ4v) is 2.22. The van der Waals surface area contributed by atoms with Gasteiger partial charge in [-0.15, -0.1) is 0 Å². The second-order valence-corrected chi connectivity index (χ2v) is 5.00. The molecule has 1 aromatic carbocycles. The van der Waals surface area contributed by atoms with E-state index in [0.717, 1.165) is 0 Å². The molecule has 0 spiro atoms. The van der Waals surface area contributed by atoms with Crippen LogP contribution in [0.3, 0.4) is 0 Å². The van der Waals surface area contributed by atoms with Crippen molar-refractivity contribution in [3.05, 3.63) is 56.9 Å². The van der Waals surface area contributed by atoms with Crippen LogP contribution in [0.2, 0.25) is 0 Å². The number of nitrogens with one attached hydrogen (secondary N) is 1. The fraction of sp³-hybridized carbons (Fsp3) is 0.143. The molecule has 5 nitrogen and oxygen atoms in total. The molecule has 20 heavy (non-hydrogen) atoms. The summed E-state index contributed by atoms with van der Waals surface area (Å²) in [6, 6.07) is 8.09. The summed E-state index contributed by atoms with van der Waals surface area (Å²) in [7, 11) is 0. The highest BCUT2D eigenvalue weighted by atomic mass is 79.9. The van der Waals surface area contributed by atoms with Crippen LogP contribution in [0.1, 0.15) is 17.3 Å². The monoisotopic (exact) mass is 335 g/mol. The van der Waals surface area contributed by atoms with E-state index in [9.17, 15) is 9.59 Å². The highest BCUT2D eigenvalue weighted by molar-refractivity contribution is 9.10. The second kappa shape index (κ2) is 5.92. The van der Waals surface area contributed by atoms with E-state index in [4.69, 9.17) is 5.73 Å². The lowest BCUT2D eigenvalue weighted by atomic mass is 10.2. The quantitative estimate of drug-likeness (QED) is 0.846. The van der Waals surface area contributed by atoms with E-state index in [1.165, 1.54) is 10.6 Å². The van der Waals surface area contributed by atoms with Crippen LogP contribution in [0, 0.1) is 0 Å². The summed E-state index contributed by atoms with van der Waals surface area (Å²) in [5.74, 6) is -0.287. The summed E-state index contributed by atoms with van der Waals surface area (Å²) in [6.07, 6.45) is 1.61. The van der Waals surface area contributed by atoms with Crippen molar-refractivity contribution in [3.63, 3.8) is 0 Å². The Balaban J connectivity index is 2.28. The van der Waals surface area contributed by atoms with Gasteiger partial charge in [0.25, 0.3) is 11.5 Å². The minimum absolute atomic E-state index is 0.101. The maximum Gasteiger partial charge on any atom is 0.256 e. The Labute approximate surface area is 124 Å². The summed E-state index contributed by atoms with van der Waals surface area (Å²) in [4.78, 5) is 23.7. The number of hydrogen-bond acceptors (Lipinski definition) is 3. The highest BCUT2D eigenvalue weighted by Crippen LogP contribution is 2.24. The molecule has 2 rings (SSSR count). The molecule has 0 bridgehead atoms. The number of benzene rings is 1. The van der Waals surface area contributed by atoms with Crippen LogP contribution in [0.25, 0.3) is 0 Å². The van der Waals surface area contributed by atoms with Crippen molar-refractivity contribution in [1.29, 1.82) is 0 Å². The van der Waals surface area contributed by atoms with Crippen LogP contribution in [-0.2, 0) is 6.54 Å². The van der Waals surface area contributed by atoms with Crippen LogP contribution < -0.4 is 16.6 Å². The number of amides is 1. The Morgan fingerprint density at radius 3 is 2.80 bits per heavy atom. The van der Waals surface area contributed by atoms with Crippen LogP contribution in [0.5, 0.6) is 0 Å². The van der Waals surface area contributed by atoms with E-state index in [1.54, 1.807) is 30.5 Å². The molecular formula is C14H14BrN3O2. The van der Waals surface area contributed by atoms with E-state index in [1.807, 2.05) is 6.92 Å². The van der Waals surface area contributed by atoms with Crippen molar-refractivity contribution < 1.29 is 4.79 Å². The van der Waals surface area contributed by atoms with Crippen molar-refractivity contribution in [3.8, 4) is 0 Å². The van der Waals surface area contributed by atoms with Crippen molar-refractivity contribution in [2.75, 3.05) is 11.1 Å². The summed E-state index contributed by atoms with van der Waals surface area (Å²) < 4.78 is 2.07. The van der Waals surface area contributed by atoms with Gasteiger partial charge in [-0.1, -0.05) is 6.07 Å². The standard InChI is InChI=1S/C14H14BrN3O2/c1-2-18-8-9(6-7-12(18)19)17-14(20)10-4-3-5-11(16)13(10)15/h3-8H,2,16H2,1H3,(H,17,20). The zero-order chi connectivity index (χ0) is 14.7. The Bertz CT molecular complexity index is 710. The van der Waals surface area contributed by atoms with Crippen LogP contribution in [0.15, 0.2) is 45.8 Å². The topological polar surface area (TPSA) is 77.1 Å². The molecule has 0 aliphatic carbocycles. The SMILES string of the molecule is CCn1cc(NC(=O)c2cccc(N)c2Br)ccc1=O. The van der Waals surface area contributed by atoms with E-state index in [2.05, 4.69) is 21.2 Å². The number of carbonyl (C=O) groups is 1. The number of hydrogen-bond donors (Lipinski definition) is 2. The Hall–Kier alpha value is -2.08. The van der Waals surface area contributed by atoms with Gasteiger partial charge in [0.05, 0.1) is 15.7 Å². The molecule has 104 valence electrons. The highest BCUT2D eigenvalue weighted by Gasteiger charge is 2.12. The normalized spacial score (nSPS) is 10.3. The fourth-order valence-electron chi connectivity index (χ4n) is 1.78. The molecule has 0 fully saturated rings. The molecule has 6 heteroatoms. The summed E-state index contributed by atoms with van der Waals surface area (Å²) in [5.41, 5.74) is 7.14. The largest absolute Gasteiger partial charge is 0.398 e. The Kier molecular flexibility index (Phi) is 4.24. The first-order chi connectivity index (χ1) is 9.52. The first-order valence-electron chi connectivity index (χ1n) is 6.08. The molecule has 0 unspecified atom stereocenters. The number of aryl methyl sites for hydroxylation is 1. The zero-order valence-corrected chi connectivity index (χ0v) is 12.5. The van der Waals surface area contributed by atoms with Crippen molar-refractivity contribution in [2.24, 2.45) is 0 Å². The average Bonchev–Trinajstić information content (AvgIpc) is 2.43. The Morgan fingerprint density at radius 1 is 1.35 bits per heavy atom. The molecule has 0 atom stereocenters. The van der Waals surface area contributed by atoms with Gasteiger partial charge in [0.1, 0.15) is 0 Å². The third kappa shape index (κ3) is 2.91. The van der Waals surface area contributed by atoms with Gasteiger partial charge in [-0.3, -0.25) is 9.59 Å². The van der Waals surface area contributed by atoms with Crippen LogP contribution in [0.4, 0.5) is 11.4 Å². The summed E-state index contributed by atoms with van der Waals surface area (Å²) in [6.45, 7) is 2.41. The number of carbonyl (C=O) groups excluding carboxylic acids is 1. The molecule has 3 N–H and O–H groups in total. The van der Waals surface area contributed by atoms with Crippen molar-refractivity contribution in [1.82, 2.24) is 4.57 Å². The lowest BCUT2D eigenvalue weighted by molar-refractivity contribution is 0.102. The van der Waals surface area contributed by atoms with Gasteiger partial charge >= 0.3 is 0 Å². The van der Waals surface area contributed by atoms with Gasteiger partial charge in [0.15, 0.2) is 0 Å². The van der Waals surface area contributed by atoms with Gasteiger partial charge in [0, 0.05) is 24.5 Å². The third-order valence-electron chi connectivity index (χ3n) is 2.86. The zero-order valence-electron chi connectivity index (χ0n) is 10.9. The molecule has 2 aromatic rings. The maximum absolute atomic E-state index is 12.2. The number of pyridine rings is 1. The smallest absolute Gasteiger partial charge is 0.256 e. The number of nitrogens with zero attached hydrogens (tertiary/aromatic N) is 1. The average molecular weight is 336 g/mol. The minimum Gasteiger partial charge on any atom is -0.398 e. The van der Waals surface area contributed by atoms with E-state index in [-0.39, 0.29) is 11.5 Å². The first-order valence-corrected chi connectivity index (χ1v) is 6.88. The molecule has 0 saturated heterocycles. The van der Waals surface area contributed by atoms with E-state index in [0.29, 0.717) is 28.0 Å². The van der Waals surface area contributed by atoms with Crippen LogP contribution >= 0.6 is 15.9 Å². The van der Waals surface area contributed by atoms with Gasteiger partial charge in [-0.2, -0.15) is 0 Å². The number of anilines is 2. The maximum atomic E-state index is 12.2. The molecule has 1 amide bonds. The van der Waals surface area contributed by atoms with Crippen molar-refractivity contribution in [2.45, 2.75) is 13.5 Å². The second-order valence-electron chi connectivity index (χ2n) is 4.20. The van der Waals surface area contributed by atoms with Gasteiger partial charge in [-0.25, -0.2) is 0 Å². The molecule has 0 radical (unpaired) electrons. The molecule has 1 heterocycles. The predicted molar refractivity (Wildman–Crippen MR) is 82.9 cm³/mol. The number of nitrogen functional groups attached to an aromatic ring is 1. The van der Waals surface area contributed by atoms with E-state index >= 15 is 0 Å². The molecule has 0 saturated carbocycles. The lowest BCUT2D eigenvalue weighted by Gasteiger charge is -2.10. The van der Waals surface area contributed by atoms with Gasteiger partial charge in [-0.05, 0) is 41.1 Å². The third-order valence-corrected chi connectivity index (χ3v) is 3.74. The van der Waals surface area contributed by atoms with Gasteiger partial charge in [0.2, 0.25) is 0 Å². The number of nitrogens with two attached hydrogens (primary N) is 1. The summed E-state index contributed by atoms with van der Waals surface area (Å²) >= 11 is 3.29. The lowest BCUT2D eigenvalue weighted by Crippen LogP contribution is -2.20. The number of halogens is 1. The number of aromatic nitrogens is 1.